The number of carbonyl (C=O) groups excluding carboxylic acids is 2. The number of halogens is 1. The highest BCUT2D eigenvalue weighted by atomic mass is 19.1. The molecule has 114 valence electrons. The third-order valence-corrected chi connectivity index (χ3v) is 3.05. The third kappa shape index (κ3) is 4.70. The fourth-order valence-electron chi connectivity index (χ4n) is 1.90. The molecule has 0 atom stereocenters. The molecule has 0 aliphatic heterocycles. The minimum atomic E-state index is -0.282. The molecule has 0 heterocycles. The van der Waals surface area contributed by atoms with E-state index >= 15 is 0 Å². The van der Waals surface area contributed by atoms with Gasteiger partial charge in [-0.3, -0.25) is 9.59 Å². The lowest BCUT2D eigenvalue weighted by Crippen LogP contribution is -2.30. The smallest absolute Gasteiger partial charge is 0.257 e. The van der Waals surface area contributed by atoms with Crippen molar-refractivity contribution in [3.05, 3.63) is 65.5 Å². The van der Waals surface area contributed by atoms with Gasteiger partial charge in [0.25, 0.3) is 5.91 Å². The van der Waals surface area contributed by atoms with Crippen molar-refractivity contribution >= 4 is 12.2 Å². The molecule has 0 unspecified atom stereocenters. The van der Waals surface area contributed by atoms with Crippen molar-refractivity contribution in [2.75, 3.05) is 13.2 Å². The maximum Gasteiger partial charge on any atom is 0.257 e. The Labute approximate surface area is 127 Å². The molecule has 0 spiro atoms. The first-order valence-electron chi connectivity index (χ1n) is 6.87. The molecular weight excluding hydrogens is 285 g/mol. The van der Waals surface area contributed by atoms with Crippen LogP contribution >= 0.6 is 0 Å². The number of ether oxygens (including phenoxy) is 1. The van der Waals surface area contributed by atoms with Crippen LogP contribution in [-0.2, 0) is 11.2 Å². The Kier molecular flexibility index (Phi) is 5.65. The summed E-state index contributed by atoms with van der Waals surface area (Å²) in [5.41, 5.74) is 1.34. The third-order valence-electron chi connectivity index (χ3n) is 3.05. The average Bonchev–Trinajstić information content (AvgIpc) is 2.55. The van der Waals surface area contributed by atoms with Crippen molar-refractivity contribution in [2.45, 2.75) is 6.42 Å². The first-order chi connectivity index (χ1) is 10.7. The number of carbonyl (C=O) groups is 2. The lowest BCUT2D eigenvalue weighted by molar-refractivity contribution is -0.123. The molecule has 22 heavy (non-hydrogen) atoms. The van der Waals surface area contributed by atoms with Crippen molar-refractivity contribution in [1.29, 1.82) is 0 Å². The van der Waals surface area contributed by atoms with E-state index in [1.54, 1.807) is 36.4 Å². The Morgan fingerprint density at radius 2 is 1.86 bits per heavy atom. The highest BCUT2D eigenvalue weighted by molar-refractivity contribution is 5.80. The van der Waals surface area contributed by atoms with Crippen molar-refractivity contribution in [2.24, 2.45) is 0 Å². The highest BCUT2D eigenvalue weighted by Gasteiger charge is 2.05. The van der Waals surface area contributed by atoms with E-state index < -0.39 is 0 Å². The Morgan fingerprint density at radius 1 is 1.14 bits per heavy atom. The van der Waals surface area contributed by atoms with Gasteiger partial charge in [0.1, 0.15) is 11.6 Å². The Hall–Kier alpha value is -2.69. The number of nitrogens with one attached hydrogen (secondary N) is 1. The molecule has 0 aromatic heterocycles. The van der Waals surface area contributed by atoms with Crippen LogP contribution < -0.4 is 10.1 Å². The number of hydrogen-bond acceptors (Lipinski definition) is 3. The summed E-state index contributed by atoms with van der Waals surface area (Å²) in [4.78, 5) is 22.5. The standard InChI is InChI=1S/C17H16FNO3/c18-15-7-5-13(6-8-15)9-10-19-17(21)12-22-16-4-2-1-3-14(16)11-20/h1-8,11H,9-10,12H2,(H,19,21). The molecule has 5 heteroatoms. The van der Waals surface area contributed by atoms with Crippen molar-refractivity contribution in [3.8, 4) is 5.75 Å². The van der Waals surface area contributed by atoms with Gasteiger partial charge in [-0.2, -0.15) is 0 Å². The molecule has 0 aliphatic rings. The molecule has 1 N–H and O–H groups in total. The quantitative estimate of drug-likeness (QED) is 0.799. The van der Waals surface area contributed by atoms with Gasteiger partial charge in [0.05, 0.1) is 5.56 Å². The number of benzene rings is 2. The summed E-state index contributed by atoms with van der Waals surface area (Å²) in [6, 6.07) is 12.8. The summed E-state index contributed by atoms with van der Waals surface area (Å²) < 4.78 is 18.1. The van der Waals surface area contributed by atoms with Crippen LogP contribution in [0.5, 0.6) is 5.75 Å². The van der Waals surface area contributed by atoms with E-state index in [1.165, 1.54) is 12.1 Å². The molecule has 0 aliphatic carbocycles. The van der Waals surface area contributed by atoms with Crippen LogP contribution in [0.1, 0.15) is 15.9 Å². The van der Waals surface area contributed by atoms with E-state index in [1.807, 2.05) is 0 Å². The number of para-hydroxylation sites is 1. The molecule has 1 amide bonds. The van der Waals surface area contributed by atoms with Crippen molar-refractivity contribution < 1.29 is 18.7 Å². The lowest BCUT2D eigenvalue weighted by Gasteiger charge is -2.09. The Morgan fingerprint density at radius 3 is 2.59 bits per heavy atom. The van der Waals surface area contributed by atoms with E-state index in [0.717, 1.165) is 5.56 Å². The minimum Gasteiger partial charge on any atom is -0.483 e. The maximum atomic E-state index is 12.7. The molecule has 2 aromatic rings. The van der Waals surface area contributed by atoms with E-state index in [0.29, 0.717) is 30.6 Å². The lowest BCUT2D eigenvalue weighted by atomic mass is 10.1. The summed E-state index contributed by atoms with van der Waals surface area (Å²) in [5, 5.41) is 2.71. The Bertz CT molecular complexity index is 641. The zero-order valence-electron chi connectivity index (χ0n) is 11.9. The van der Waals surface area contributed by atoms with Crippen LogP contribution in [-0.4, -0.2) is 25.3 Å². The summed E-state index contributed by atoms with van der Waals surface area (Å²) in [7, 11) is 0. The van der Waals surface area contributed by atoms with Gasteiger partial charge in [0, 0.05) is 6.54 Å². The van der Waals surface area contributed by atoms with E-state index in [9.17, 15) is 14.0 Å². The summed E-state index contributed by atoms with van der Waals surface area (Å²) in [6.07, 6.45) is 1.29. The molecule has 4 nitrogen and oxygen atoms in total. The second-order valence-electron chi connectivity index (χ2n) is 4.67. The van der Waals surface area contributed by atoms with Crippen LogP contribution in [0.15, 0.2) is 48.5 Å². The Balaban J connectivity index is 1.74. The predicted octanol–water partition coefficient (Wildman–Crippen LogP) is 2.38. The maximum absolute atomic E-state index is 12.7. The largest absolute Gasteiger partial charge is 0.483 e. The molecule has 0 saturated carbocycles. The van der Waals surface area contributed by atoms with E-state index in [-0.39, 0.29) is 18.3 Å². The fourth-order valence-corrected chi connectivity index (χ4v) is 1.90. The summed E-state index contributed by atoms with van der Waals surface area (Å²) in [5.74, 6) is -0.177. The van der Waals surface area contributed by atoms with Gasteiger partial charge in [-0.1, -0.05) is 24.3 Å². The first-order valence-corrected chi connectivity index (χ1v) is 6.87. The molecule has 2 aromatic carbocycles. The summed E-state index contributed by atoms with van der Waals surface area (Å²) in [6.45, 7) is 0.275. The molecule has 0 fully saturated rings. The van der Waals surface area contributed by atoms with Gasteiger partial charge in [-0.05, 0) is 36.2 Å². The predicted molar refractivity (Wildman–Crippen MR) is 80.4 cm³/mol. The van der Waals surface area contributed by atoms with Crippen LogP contribution in [0.25, 0.3) is 0 Å². The fraction of sp³-hybridized carbons (Fsp3) is 0.176. The second kappa shape index (κ2) is 7.93. The molecule has 0 bridgehead atoms. The second-order valence-corrected chi connectivity index (χ2v) is 4.67. The van der Waals surface area contributed by atoms with Gasteiger partial charge in [-0.15, -0.1) is 0 Å². The number of hydrogen-bond donors (Lipinski definition) is 1. The monoisotopic (exact) mass is 301 g/mol. The van der Waals surface area contributed by atoms with Crippen LogP contribution in [0.3, 0.4) is 0 Å². The SMILES string of the molecule is O=Cc1ccccc1OCC(=O)NCCc1ccc(F)cc1. The number of amides is 1. The van der Waals surface area contributed by atoms with Gasteiger partial charge in [-0.25, -0.2) is 4.39 Å². The van der Waals surface area contributed by atoms with Crippen LogP contribution in [0.2, 0.25) is 0 Å². The van der Waals surface area contributed by atoms with Crippen LogP contribution in [0, 0.1) is 5.82 Å². The molecule has 2 rings (SSSR count). The normalized spacial score (nSPS) is 10.0. The van der Waals surface area contributed by atoms with E-state index in [2.05, 4.69) is 5.32 Å². The molecular formula is C17H16FNO3. The van der Waals surface area contributed by atoms with Crippen molar-refractivity contribution in [3.63, 3.8) is 0 Å². The van der Waals surface area contributed by atoms with Gasteiger partial charge in [0.15, 0.2) is 12.9 Å². The first kappa shape index (κ1) is 15.7. The zero-order valence-corrected chi connectivity index (χ0v) is 11.9. The zero-order chi connectivity index (χ0) is 15.8. The van der Waals surface area contributed by atoms with Gasteiger partial charge in [0.2, 0.25) is 0 Å². The number of rotatable bonds is 7. The van der Waals surface area contributed by atoms with Gasteiger partial charge >= 0.3 is 0 Å². The van der Waals surface area contributed by atoms with E-state index in [4.69, 9.17) is 4.74 Å². The number of aldehydes is 1. The molecule has 0 radical (unpaired) electrons. The van der Waals surface area contributed by atoms with Crippen LogP contribution in [0.4, 0.5) is 4.39 Å². The molecule has 0 saturated heterocycles. The minimum absolute atomic E-state index is 0.158. The summed E-state index contributed by atoms with van der Waals surface area (Å²) >= 11 is 0. The topological polar surface area (TPSA) is 55.4 Å². The average molecular weight is 301 g/mol. The van der Waals surface area contributed by atoms with Crippen molar-refractivity contribution in [1.82, 2.24) is 5.32 Å². The highest BCUT2D eigenvalue weighted by Crippen LogP contribution is 2.15. The van der Waals surface area contributed by atoms with Gasteiger partial charge < -0.3 is 10.1 Å².